The number of fused-ring (bicyclic) bond motifs is 2. The van der Waals surface area contributed by atoms with Gasteiger partial charge in [0.05, 0.1) is 28.8 Å². The van der Waals surface area contributed by atoms with Crippen molar-refractivity contribution in [2.45, 2.75) is 12.1 Å². The molecular weight excluding hydrogens is 468 g/mol. The molecule has 2 aliphatic rings. The third-order valence-electron chi connectivity index (χ3n) is 5.68. The highest BCUT2D eigenvalue weighted by molar-refractivity contribution is 7.99. The minimum atomic E-state index is -0.336. The van der Waals surface area contributed by atoms with Crippen LogP contribution < -0.4 is 4.74 Å². The molecule has 0 saturated heterocycles. The summed E-state index contributed by atoms with van der Waals surface area (Å²) in [5.74, 6) is -0.530. The van der Waals surface area contributed by atoms with E-state index in [2.05, 4.69) is 9.97 Å². The van der Waals surface area contributed by atoms with Gasteiger partial charge in [-0.1, -0.05) is 36.0 Å². The van der Waals surface area contributed by atoms with Gasteiger partial charge in [-0.2, -0.15) is 4.98 Å². The van der Waals surface area contributed by atoms with Crippen LogP contribution in [-0.4, -0.2) is 68.8 Å². The summed E-state index contributed by atoms with van der Waals surface area (Å²) in [5.41, 5.74) is 2.31. The van der Waals surface area contributed by atoms with Gasteiger partial charge in [-0.15, -0.1) is 0 Å². The zero-order valence-electron chi connectivity index (χ0n) is 18.8. The lowest BCUT2D eigenvalue weighted by atomic mass is 10.1. The average molecular weight is 489 g/mol. The molecule has 0 fully saturated rings. The molecule has 0 bridgehead atoms. The second-order valence-electron chi connectivity index (χ2n) is 7.94. The fourth-order valence-electron chi connectivity index (χ4n) is 4.01. The quantitative estimate of drug-likeness (QED) is 0.271. The van der Waals surface area contributed by atoms with Crippen LogP contribution in [0.2, 0.25) is 0 Å². The maximum atomic E-state index is 12.5. The molecule has 0 radical (unpaired) electrons. The first-order chi connectivity index (χ1) is 16.9. The van der Waals surface area contributed by atoms with Crippen LogP contribution in [0.1, 0.15) is 47.1 Å². The summed E-state index contributed by atoms with van der Waals surface area (Å²) in [6, 6.07) is 15.2. The van der Waals surface area contributed by atoms with Crippen LogP contribution >= 0.6 is 11.8 Å². The van der Waals surface area contributed by atoms with E-state index in [9.17, 15) is 19.2 Å². The highest BCUT2D eigenvalue weighted by Gasteiger charge is 2.35. The number of ether oxygens (including phenoxy) is 1. The molecule has 5 rings (SSSR count). The van der Waals surface area contributed by atoms with E-state index in [4.69, 9.17) is 4.74 Å². The first-order valence-electron chi connectivity index (χ1n) is 11.0. The van der Waals surface area contributed by atoms with Crippen LogP contribution in [0.3, 0.4) is 0 Å². The number of carbonyl (C=O) groups is 4. The first-order valence-corrected chi connectivity index (χ1v) is 11.9. The van der Waals surface area contributed by atoms with Crippen molar-refractivity contribution in [3.05, 3.63) is 82.5 Å². The first kappa shape index (κ1) is 22.7. The summed E-state index contributed by atoms with van der Waals surface area (Å²) in [6.45, 7) is 2.20. The molecule has 2 aromatic carbocycles. The number of hydrogen-bond acceptors (Lipinski definition) is 8. The van der Waals surface area contributed by atoms with Crippen molar-refractivity contribution >= 4 is 35.4 Å². The number of rotatable bonds is 8. The second kappa shape index (κ2) is 9.30. The molecule has 0 saturated carbocycles. The standard InChI is InChI=1S/C25H20N4O5S/c1-15-14-20(34-12-10-28-21(30)16-6-2-3-7-17(16)22(28)31)27-25(26-15)35-13-11-29-23(32)18-8-4-5-9-19(18)24(29)33/h2-9,14H,10-13H2,1H3. The molecule has 0 aliphatic carbocycles. The van der Waals surface area contributed by atoms with E-state index in [1.54, 1.807) is 61.5 Å². The molecule has 0 atom stereocenters. The number of amides is 4. The van der Waals surface area contributed by atoms with Crippen LogP contribution in [0.25, 0.3) is 0 Å². The van der Waals surface area contributed by atoms with Gasteiger partial charge in [0.1, 0.15) is 6.61 Å². The van der Waals surface area contributed by atoms with Gasteiger partial charge in [-0.05, 0) is 31.2 Å². The van der Waals surface area contributed by atoms with Crippen LogP contribution in [0, 0.1) is 6.92 Å². The normalized spacial score (nSPS) is 14.5. The minimum absolute atomic E-state index is 0.0844. The van der Waals surface area contributed by atoms with Crippen LogP contribution in [0.4, 0.5) is 0 Å². The lowest BCUT2D eigenvalue weighted by Crippen LogP contribution is -2.33. The van der Waals surface area contributed by atoms with Crippen molar-refractivity contribution in [1.29, 1.82) is 0 Å². The Kier molecular flexibility index (Phi) is 6.04. The van der Waals surface area contributed by atoms with Gasteiger partial charge in [-0.25, -0.2) is 4.98 Å². The lowest BCUT2D eigenvalue weighted by molar-refractivity contribution is 0.0624. The van der Waals surface area contributed by atoms with Gasteiger partial charge in [0.2, 0.25) is 5.88 Å². The summed E-state index contributed by atoms with van der Waals surface area (Å²) in [6.07, 6.45) is 0. The summed E-state index contributed by atoms with van der Waals surface area (Å²) >= 11 is 1.30. The number of benzene rings is 2. The van der Waals surface area contributed by atoms with E-state index in [0.29, 0.717) is 44.7 Å². The van der Waals surface area contributed by atoms with Gasteiger partial charge in [0, 0.05) is 24.1 Å². The number of carbonyl (C=O) groups excluding carboxylic acids is 4. The maximum absolute atomic E-state index is 12.5. The Morgan fingerprint density at radius 1 is 0.743 bits per heavy atom. The zero-order chi connectivity index (χ0) is 24.5. The van der Waals surface area contributed by atoms with Gasteiger partial charge in [0.15, 0.2) is 5.16 Å². The van der Waals surface area contributed by atoms with E-state index in [0.717, 1.165) is 4.90 Å². The Balaban J connectivity index is 1.16. The van der Waals surface area contributed by atoms with Crippen molar-refractivity contribution in [2.75, 3.05) is 25.4 Å². The van der Waals surface area contributed by atoms with Crippen LogP contribution in [0.15, 0.2) is 59.8 Å². The number of aryl methyl sites for hydroxylation is 1. The molecule has 3 aromatic rings. The monoisotopic (exact) mass is 488 g/mol. The van der Waals surface area contributed by atoms with Crippen molar-refractivity contribution < 1.29 is 23.9 Å². The zero-order valence-corrected chi connectivity index (χ0v) is 19.6. The molecule has 0 spiro atoms. The molecule has 4 amide bonds. The second-order valence-corrected chi connectivity index (χ2v) is 9.00. The Morgan fingerprint density at radius 3 is 1.74 bits per heavy atom. The number of nitrogens with zero attached hydrogens (tertiary/aromatic N) is 4. The molecule has 2 aliphatic heterocycles. The number of hydrogen-bond donors (Lipinski definition) is 0. The summed E-state index contributed by atoms with van der Waals surface area (Å²) < 4.78 is 5.71. The average Bonchev–Trinajstić information content (AvgIpc) is 3.24. The van der Waals surface area contributed by atoms with Gasteiger partial charge in [0.25, 0.3) is 23.6 Å². The Labute approximate surface area is 205 Å². The van der Waals surface area contributed by atoms with Gasteiger partial charge in [-0.3, -0.25) is 29.0 Å². The van der Waals surface area contributed by atoms with Gasteiger partial charge >= 0.3 is 0 Å². The van der Waals surface area contributed by atoms with Crippen molar-refractivity contribution in [3.63, 3.8) is 0 Å². The van der Waals surface area contributed by atoms with Crippen LogP contribution in [-0.2, 0) is 0 Å². The molecular formula is C25H20N4O5S. The Morgan fingerprint density at radius 2 is 1.23 bits per heavy atom. The van der Waals surface area contributed by atoms with Crippen LogP contribution in [0.5, 0.6) is 5.88 Å². The fraction of sp³-hybridized carbons (Fsp3) is 0.200. The summed E-state index contributed by atoms with van der Waals surface area (Å²) in [4.78, 5) is 61.1. The minimum Gasteiger partial charge on any atom is -0.476 e. The predicted molar refractivity (Wildman–Crippen MR) is 127 cm³/mol. The highest BCUT2D eigenvalue weighted by atomic mass is 32.2. The topological polar surface area (TPSA) is 110 Å². The Hall–Kier alpha value is -4.05. The van der Waals surface area contributed by atoms with Crippen molar-refractivity contribution in [2.24, 2.45) is 0 Å². The predicted octanol–water partition coefficient (Wildman–Crippen LogP) is 2.85. The molecule has 35 heavy (non-hydrogen) atoms. The van der Waals surface area contributed by atoms with E-state index in [1.165, 1.54) is 16.7 Å². The summed E-state index contributed by atoms with van der Waals surface area (Å²) in [7, 11) is 0. The molecule has 3 heterocycles. The largest absolute Gasteiger partial charge is 0.476 e. The van der Waals surface area contributed by atoms with E-state index in [1.807, 2.05) is 0 Å². The van der Waals surface area contributed by atoms with E-state index >= 15 is 0 Å². The number of aromatic nitrogens is 2. The molecule has 0 unspecified atom stereocenters. The van der Waals surface area contributed by atoms with Crippen molar-refractivity contribution in [1.82, 2.24) is 19.8 Å². The molecule has 10 heteroatoms. The highest BCUT2D eigenvalue weighted by Crippen LogP contribution is 2.25. The summed E-state index contributed by atoms with van der Waals surface area (Å²) in [5, 5.41) is 0.442. The smallest absolute Gasteiger partial charge is 0.261 e. The molecule has 176 valence electrons. The fourth-order valence-corrected chi connectivity index (χ4v) is 4.83. The molecule has 9 nitrogen and oxygen atoms in total. The number of thioether (sulfide) groups is 1. The van der Waals surface area contributed by atoms with Crippen molar-refractivity contribution in [3.8, 4) is 5.88 Å². The Bertz CT molecular complexity index is 1210. The molecule has 1 aromatic heterocycles. The lowest BCUT2D eigenvalue weighted by Gasteiger charge is -2.15. The third kappa shape index (κ3) is 4.28. The van der Waals surface area contributed by atoms with Gasteiger partial charge < -0.3 is 4.74 Å². The third-order valence-corrected chi connectivity index (χ3v) is 6.50. The van der Waals surface area contributed by atoms with E-state index < -0.39 is 0 Å². The SMILES string of the molecule is Cc1cc(OCCN2C(=O)c3ccccc3C2=O)nc(SCCN2C(=O)c3ccccc3C2=O)n1. The maximum Gasteiger partial charge on any atom is 0.261 e. The molecule has 0 N–H and O–H groups in total. The van der Waals surface area contributed by atoms with E-state index in [-0.39, 0.29) is 43.3 Å². The number of imide groups is 2.